The van der Waals surface area contributed by atoms with Crippen molar-refractivity contribution in [3.8, 4) is 0 Å². The summed E-state index contributed by atoms with van der Waals surface area (Å²) in [5, 5.41) is 0. The zero-order valence-electron chi connectivity index (χ0n) is 16.6. The number of ether oxygens (including phenoxy) is 1. The molecule has 0 saturated carbocycles. The van der Waals surface area contributed by atoms with Crippen molar-refractivity contribution in [2.75, 3.05) is 27.8 Å². The Morgan fingerprint density at radius 2 is 1.59 bits per heavy atom. The molecule has 0 aliphatic carbocycles. The van der Waals surface area contributed by atoms with Crippen molar-refractivity contribution in [3.05, 3.63) is 65.7 Å². The number of hydroxylamine groups is 1. The molecule has 9 heteroatoms. The van der Waals surface area contributed by atoms with Crippen LogP contribution in [0.1, 0.15) is 22.3 Å². The van der Waals surface area contributed by atoms with E-state index in [9.17, 15) is 18.0 Å². The molecule has 0 saturated heterocycles. The van der Waals surface area contributed by atoms with Crippen LogP contribution in [0.15, 0.2) is 59.5 Å². The highest BCUT2D eigenvalue weighted by atomic mass is 32.2. The first-order valence-electron chi connectivity index (χ1n) is 8.82. The Kier molecular flexibility index (Phi) is 7.89. The van der Waals surface area contributed by atoms with E-state index in [2.05, 4.69) is 4.74 Å². The molecular formula is C20H24N2O6S. The predicted molar refractivity (Wildman–Crippen MR) is 106 cm³/mol. The molecular weight excluding hydrogens is 396 g/mol. The third kappa shape index (κ3) is 5.86. The topological polar surface area (TPSA) is 93.2 Å². The van der Waals surface area contributed by atoms with E-state index in [1.807, 2.05) is 30.3 Å². The Morgan fingerprint density at radius 1 is 0.966 bits per heavy atom. The molecule has 0 bridgehead atoms. The van der Waals surface area contributed by atoms with Gasteiger partial charge in [0.25, 0.3) is 15.9 Å². The molecule has 0 aromatic heterocycles. The number of benzene rings is 2. The lowest BCUT2D eigenvalue weighted by molar-refractivity contribution is -0.140. The number of methoxy groups -OCH3 is 1. The number of rotatable bonds is 9. The van der Waals surface area contributed by atoms with Crippen molar-refractivity contribution in [1.29, 1.82) is 0 Å². The number of hydrogen-bond acceptors (Lipinski definition) is 6. The van der Waals surface area contributed by atoms with Gasteiger partial charge < -0.3 is 9.64 Å². The zero-order chi connectivity index (χ0) is 21.4. The lowest BCUT2D eigenvalue weighted by Crippen LogP contribution is -2.33. The molecule has 8 nitrogen and oxygen atoms in total. The van der Waals surface area contributed by atoms with Crippen LogP contribution >= 0.6 is 0 Å². The van der Waals surface area contributed by atoms with Gasteiger partial charge in [0.1, 0.15) is 0 Å². The lowest BCUT2D eigenvalue weighted by Gasteiger charge is -2.23. The van der Waals surface area contributed by atoms with Gasteiger partial charge in [-0.1, -0.05) is 34.8 Å². The van der Waals surface area contributed by atoms with E-state index in [1.54, 1.807) is 0 Å². The van der Waals surface area contributed by atoms with Crippen LogP contribution in [0.5, 0.6) is 0 Å². The standard InChI is InChI=1S/C20H24N2O6S/c1-21(28-3)29(25,26)18-11-9-17(10-12-18)20(24)22(14-13-19(23)27-2)15-16-7-5-4-6-8-16/h4-12H,13-15H2,1-3H3. The van der Waals surface area contributed by atoms with Crippen molar-refractivity contribution in [1.82, 2.24) is 9.37 Å². The van der Waals surface area contributed by atoms with E-state index in [4.69, 9.17) is 4.84 Å². The molecule has 0 aliphatic rings. The Hall–Kier alpha value is -2.75. The van der Waals surface area contributed by atoms with E-state index >= 15 is 0 Å². The quantitative estimate of drug-likeness (QED) is 0.455. The van der Waals surface area contributed by atoms with Gasteiger partial charge in [-0.3, -0.25) is 14.4 Å². The van der Waals surface area contributed by atoms with Gasteiger partial charge in [0, 0.05) is 25.7 Å². The third-order valence-electron chi connectivity index (χ3n) is 4.31. The van der Waals surface area contributed by atoms with Gasteiger partial charge in [-0.05, 0) is 29.8 Å². The summed E-state index contributed by atoms with van der Waals surface area (Å²) < 4.78 is 30.0. The molecule has 0 aliphatic heterocycles. The second-order valence-electron chi connectivity index (χ2n) is 6.16. The summed E-state index contributed by atoms with van der Waals surface area (Å²) in [5.41, 5.74) is 1.22. The number of carbonyl (C=O) groups is 2. The fraction of sp³-hybridized carbons (Fsp3) is 0.300. The number of amides is 1. The molecule has 29 heavy (non-hydrogen) atoms. The van der Waals surface area contributed by atoms with Crippen LogP contribution in [0.25, 0.3) is 0 Å². The van der Waals surface area contributed by atoms with Crippen LogP contribution < -0.4 is 0 Å². The van der Waals surface area contributed by atoms with E-state index < -0.39 is 16.0 Å². The second kappa shape index (κ2) is 10.1. The minimum Gasteiger partial charge on any atom is -0.469 e. The molecule has 0 unspecified atom stereocenters. The zero-order valence-corrected chi connectivity index (χ0v) is 17.4. The van der Waals surface area contributed by atoms with Crippen molar-refractivity contribution >= 4 is 21.9 Å². The molecule has 1 amide bonds. The average molecular weight is 420 g/mol. The summed E-state index contributed by atoms with van der Waals surface area (Å²) in [7, 11) is 0.0222. The molecule has 2 rings (SSSR count). The second-order valence-corrected chi connectivity index (χ2v) is 8.10. The van der Waals surface area contributed by atoms with E-state index in [0.717, 1.165) is 10.0 Å². The largest absolute Gasteiger partial charge is 0.469 e. The molecule has 0 heterocycles. The predicted octanol–water partition coefficient (Wildman–Crippen LogP) is 2.07. The molecule has 0 radical (unpaired) electrons. The number of nitrogens with zero attached hydrogens (tertiary/aromatic N) is 2. The third-order valence-corrected chi connectivity index (χ3v) is 6.01. The Labute approximate surface area is 170 Å². The van der Waals surface area contributed by atoms with Gasteiger partial charge >= 0.3 is 5.97 Å². The molecule has 0 spiro atoms. The summed E-state index contributed by atoms with van der Waals surface area (Å²) in [6.45, 7) is 0.482. The van der Waals surface area contributed by atoms with Crippen molar-refractivity contribution in [3.63, 3.8) is 0 Å². The first-order chi connectivity index (χ1) is 13.8. The molecule has 2 aromatic carbocycles. The van der Waals surface area contributed by atoms with Gasteiger partial charge in [0.15, 0.2) is 0 Å². The van der Waals surface area contributed by atoms with Crippen LogP contribution in [0.3, 0.4) is 0 Å². The van der Waals surface area contributed by atoms with E-state index in [0.29, 0.717) is 12.1 Å². The van der Waals surface area contributed by atoms with Crippen molar-refractivity contribution in [2.45, 2.75) is 17.9 Å². The SMILES string of the molecule is COC(=O)CCN(Cc1ccccc1)C(=O)c1ccc(S(=O)(=O)N(C)OC)cc1. The molecule has 0 N–H and O–H groups in total. The normalized spacial score (nSPS) is 11.3. The van der Waals surface area contributed by atoms with Gasteiger partial charge in [0.05, 0.1) is 25.5 Å². The number of sulfonamides is 1. The van der Waals surface area contributed by atoms with Crippen LogP contribution in [0.2, 0.25) is 0 Å². The number of esters is 1. The van der Waals surface area contributed by atoms with E-state index in [-0.39, 0.29) is 23.8 Å². The highest BCUT2D eigenvalue weighted by Crippen LogP contribution is 2.17. The van der Waals surface area contributed by atoms with Gasteiger partial charge in [-0.2, -0.15) is 0 Å². The maximum atomic E-state index is 13.0. The molecule has 0 atom stereocenters. The van der Waals surface area contributed by atoms with Crippen molar-refractivity contribution in [2.24, 2.45) is 0 Å². The number of carbonyl (C=O) groups excluding carboxylic acids is 2. The fourth-order valence-corrected chi connectivity index (χ4v) is 3.56. The first kappa shape index (κ1) is 22.5. The van der Waals surface area contributed by atoms with Crippen LogP contribution in [0.4, 0.5) is 0 Å². The Morgan fingerprint density at radius 3 is 2.14 bits per heavy atom. The summed E-state index contributed by atoms with van der Waals surface area (Å²) >= 11 is 0. The first-order valence-corrected chi connectivity index (χ1v) is 10.3. The molecule has 156 valence electrons. The maximum absolute atomic E-state index is 13.0. The van der Waals surface area contributed by atoms with Gasteiger partial charge in [-0.25, -0.2) is 8.42 Å². The van der Waals surface area contributed by atoms with Crippen LogP contribution in [0, 0.1) is 0 Å². The van der Waals surface area contributed by atoms with Crippen molar-refractivity contribution < 1.29 is 27.6 Å². The average Bonchev–Trinajstić information content (AvgIpc) is 2.75. The highest BCUT2D eigenvalue weighted by molar-refractivity contribution is 7.89. The lowest BCUT2D eigenvalue weighted by atomic mass is 10.1. The van der Waals surface area contributed by atoms with Gasteiger partial charge in [-0.15, -0.1) is 0 Å². The minimum absolute atomic E-state index is 0.00238. The Bertz CT molecular complexity index is 929. The number of hydrogen-bond donors (Lipinski definition) is 0. The monoisotopic (exact) mass is 420 g/mol. The van der Waals surface area contributed by atoms with Crippen LogP contribution in [-0.2, 0) is 30.9 Å². The molecule has 0 fully saturated rings. The van der Waals surface area contributed by atoms with E-state index in [1.165, 1.54) is 50.4 Å². The van der Waals surface area contributed by atoms with Gasteiger partial charge in [0.2, 0.25) is 0 Å². The molecule has 2 aromatic rings. The summed E-state index contributed by atoms with van der Waals surface area (Å²) in [4.78, 5) is 30.8. The summed E-state index contributed by atoms with van der Waals surface area (Å²) in [6.07, 6.45) is 0.0557. The fourth-order valence-electron chi connectivity index (χ4n) is 2.58. The summed E-state index contributed by atoms with van der Waals surface area (Å²) in [5.74, 6) is -0.735. The summed E-state index contributed by atoms with van der Waals surface area (Å²) in [6, 6.07) is 14.9. The minimum atomic E-state index is -3.80. The maximum Gasteiger partial charge on any atom is 0.307 e. The van der Waals surface area contributed by atoms with Crippen LogP contribution in [-0.4, -0.2) is 57.5 Å². The smallest absolute Gasteiger partial charge is 0.307 e. The highest BCUT2D eigenvalue weighted by Gasteiger charge is 2.22. The Balaban J connectivity index is 2.24.